The highest BCUT2D eigenvalue weighted by molar-refractivity contribution is 7.80. The average molecular weight is 441 g/mol. The molecule has 0 spiro atoms. The van der Waals surface area contributed by atoms with Crippen LogP contribution in [0.3, 0.4) is 0 Å². The van der Waals surface area contributed by atoms with Gasteiger partial charge in [0.25, 0.3) is 5.91 Å². The number of halogens is 2. The molecule has 0 aliphatic rings. The number of carboxylic acid groups (broad SMARTS) is 1. The van der Waals surface area contributed by atoms with Crippen molar-refractivity contribution in [2.45, 2.75) is 26.4 Å². The van der Waals surface area contributed by atoms with Crippen LogP contribution in [0.25, 0.3) is 0 Å². The number of hydrogen-bond donors (Lipinski definition) is 3. The van der Waals surface area contributed by atoms with Crippen molar-refractivity contribution < 1.29 is 19.4 Å². The van der Waals surface area contributed by atoms with Gasteiger partial charge in [-0.05, 0) is 62.0 Å². The van der Waals surface area contributed by atoms with E-state index >= 15 is 0 Å². The molecule has 0 fully saturated rings. The Bertz CT molecular complexity index is 904. The fourth-order valence-electron chi connectivity index (χ4n) is 2.19. The van der Waals surface area contributed by atoms with Crippen molar-refractivity contribution in [3.8, 4) is 5.75 Å². The van der Waals surface area contributed by atoms with Crippen molar-refractivity contribution in [3.63, 3.8) is 0 Å². The van der Waals surface area contributed by atoms with Crippen LogP contribution < -0.4 is 15.4 Å². The molecular formula is C19H18Cl2N2O4S. The minimum absolute atomic E-state index is 0.0427. The summed E-state index contributed by atoms with van der Waals surface area (Å²) in [6.45, 7) is 3.97. The van der Waals surface area contributed by atoms with Gasteiger partial charge in [0.15, 0.2) is 5.11 Å². The number of aromatic carboxylic acids is 1. The molecule has 3 N–H and O–H groups in total. The van der Waals surface area contributed by atoms with Crippen LogP contribution in [0.1, 0.15) is 41.0 Å². The fourth-order valence-corrected chi connectivity index (χ4v) is 2.93. The normalized spacial score (nSPS) is 11.4. The Morgan fingerprint density at radius 2 is 1.86 bits per heavy atom. The highest BCUT2D eigenvalue weighted by atomic mass is 35.5. The SMILES string of the molecule is CCC(C)Oc1ccc(C(=O)NC(=S)Nc2c(Cl)cc(Cl)cc2C(=O)O)cc1. The molecule has 9 heteroatoms. The summed E-state index contributed by atoms with van der Waals surface area (Å²) in [4.78, 5) is 23.7. The van der Waals surface area contributed by atoms with Gasteiger partial charge in [0.2, 0.25) is 0 Å². The van der Waals surface area contributed by atoms with Crippen LogP contribution in [-0.2, 0) is 0 Å². The number of anilines is 1. The van der Waals surface area contributed by atoms with Gasteiger partial charge in [-0.15, -0.1) is 0 Å². The summed E-state index contributed by atoms with van der Waals surface area (Å²) in [6, 6.07) is 9.20. The van der Waals surface area contributed by atoms with E-state index < -0.39 is 11.9 Å². The van der Waals surface area contributed by atoms with Crippen LogP contribution in [-0.4, -0.2) is 28.2 Å². The Morgan fingerprint density at radius 1 is 1.21 bits per heavy atom. The monoisotopic (exact) mass is 440 g/mol. The quantitative estimate of drug-likeness (QED) is 0.548. The van der Waals surface area contributed by atoms with Gasteiger partial charge in [-0.25, -0.2) is 4.79 Å². The number of benzene rings is 2. The lowest BCUT2D eigenvalue weighted by Crippen LogP contribution is -2.34. The summed E-state index contributed by atoms with van der Waals surface area (Å²) in [5, 5.41) is 14.5. The summed E-state index contributed by atoms with van der Waals surface area (Å²) in [6.07, 6.45) is 0.942. The van der Waals surface area contributed by atoms with Crippen LogP contribution in [0.2, 0.25) is 10.0 Å². The molecule has 148 valence electrons. The van der Waals surface area contributed by atoms with Crippen LogP contribution in [0.5, 0.6) is 5.75 Å². The molecule has 0 aliphatic carbocycles. The topological polar surface area (TPSA) is 87.7 Å². The van der Waals surface area contributed by atoms with Gasteiger partial charge in [0.1, 0.15) is 5.75 Å². The number of carbonyl (C=O) groups excluding carboxylic acids is 1. The number of amides is 1. The molecular weight excluding hydrogens is 423 g/mol. The Morgan fingerprint density at radius 3 is 2.43 bits per heavy atom. The van der Waals surface area contributed by atoms with E-state index in [1.807, 2.05) is 13.8 Å². The van der Waals surface area contributed by atoms with Gasteiger partial charge >= 0.3 is 5.97 Å². The van der Waals surface area contributed by atoms with Crippen LogP contribution in [0.15, 0.2) is 36.4 Å². The molecule has 0 saturated carbocycles. The first-order valence-electron chi connectivity index (χ1n) is 8.32. The molecule has 2 aromatic carbocycles. The first-order valence-corrected chi connectivity index (χ1v) is 9.49. The largest absolute Gasteiger partial charge is 0.491 e. The standard InChI is InChI=1S/C19H18Cl2N2O4S/c1-3-10(2)27-13-6-4-11(5-7-13)17(24)23-19(28)22-16-14(18(25)26)8-12(20)9-15(16)21/h4-10H,3H2,1-2H3,(H,25,26)(H2,22,23,24,28). The third-order valence-corrected chi connectivity index (χ3v) is 4.50. The Balaban J connectivity index is 2.07. The molecule has 0 saturated heterocycles. The second kappa shape index (κ2) is 9.73. The minimum Gasteiger partial charge on any atom is -0.491 e. The van der Waals surface area contributed by atoms with Gasteiger partial charge in [-0.3, -0.25) is 10.1 Å². The van der Waals surface area contributed by atoms with E-state index in [9.17, 15) is 14.7 Å². The molecule has 2 aromatic rings. The Labute approximate surface area is 177 Å². The molecule has 1 unspecified atom stereocenters. The number of carbonyl (C=O) groups is 2. The molecule has 1 atom stereocenters. The van der Waals surface area contributed by atoms with Crippen molar-refractivity contribution in [1.82, 2.24) is 5.32 Å². The molecule has 2 rings (SSSR count). The molecule has 0 heterocycles. The zero-order chi connectivity index (χ0) is 20.8. The van der Waals surface area contributed by atoms with E-state index in [2.05, 4.69) is 10.6 Å². The minimum atomic E-state index is -1.24. The van der Waals surface area contributed by atoms with Gasteiger partial charge in [0.05, 0.1) is 22.4 Å². The second-order valence-electron chi connectivity index (χ2n) is 5.88. The Hall–Kier alpha value is -2.35. The molecule has 0 aliphatic heterocycles. The van der Waals surface area contributed by atoms with Gasteiger partial charge < -0.3 is 15.2 Å². The van der Waals surface area contributed by atoms with Gasteiger partial charge in [-0.1, -0.05) is 30.1 Å². The molecule has 0 bridgehead atoms. The molecule has 6 nitrogen and oxygen atoms in total. The van der Waals surface area contributed by atoms with E-state index in [1.165, 1.54) is 12.1 Å². The van der Waals surface area contributed by atoms with E-state index in [-0.39, 0.29) is 32.5 Å². The lowest BCUT2D eigenvalue weighted by Gasteiger charge is -2.14. The van der Waals surface area contributed by atoms with Crippen LogP contribution in [0.4, 0.5) is 5.69 Å². The summed E-state index contributed by atoms with van der Waals surface area (Å²) in [5.74, 6) is -1.04. The number of rotatable bonds is 6. The smallest absolute Gasteiger partial charge is 0.337 e. The van der Waals surface area contributed by atoms with E-state index in [1.54, 1.807) is 24.3 Å². The number of hydrogen-bond acceptors (Lipinski definition) is 4. The third kappa shape index (κ3) is 5.82. The highest BCUT2D eigenvalue weighted by Gasteiger charge is 2.17. The van der Waals surface area contributed by atoms with Crippen molar-refractivity contribution >= 4 is 58.1 Å². The maximum Gasteiger partial charge on any atom is 0.337 e. The summed E-state index contributed by atoms with van der Waals surface area (Å²) >= 11 is 17.0. The van der Waals surface area contributed by atoms with Crippen molar-refractivity contribution in [2.75, 3.05) is 5.32 Å². The van der Waals surface area contributed by atoms with Gasteiger partial charge in [-0.2, -0.15) is 0 Å². The first kappa shape index (κ1) is 21.9. The number of carboxylic acids is 1. The summed E-state index contributed by atoms with van der Waals surface area (Å²) < 4.78 is 5.67. The van der Waals surface area contributed by atoms with E-state index in [4.69, 9.17) is 40.2 Å². The zero-order valence-corrected chi connectivity index (χ0v) is 17.4. The summed E-state index contributed by atoms with van der Waals surface area (Å²) in [7, 11) is 0. The maximum atomic E-state index is 12.3. The van der Waals surface area contributed by atoms with Gasteiger partial charge in [0, 0.05) is 10.6 Å². The lowest BCUT2D eigenvalue weighted by atomic mass is 10.2. The molecule has 1 amide bonds. The number of ether oxygens (including phenoxy) is 1. The van der Waals surface area contributed by atoms with Crippen LogP contribution in [0, 0.1) is 0 Å². The van der Waals surface area contributed by atoms with Crippen LogP contribution >= 0.6 is 35.4 Å². The molecule has 0 aromatic heterocycles. The predicted molar refractivity (Wildman–Crippen MR) is 114 cm³/mol. The first-order chi connectivity index (χ1) is 13.2. The number of thiocarbonyl (C=S) groups is 1. The maximum absolute atomic E-state index is 12.3. The molecule has 0 radical (unpaired) electrons. The van der Waals surface area contributed by atoms with Crippen molar-refractivity contribution in [1.29, 1.82) is 0 Å². The van der Waals surface area contributed by atoms with E-state index in [0.29, 0.717) is 11.3 Å². The average Bonchev–Trinajstić information content (AvgIpc) is 2.63. The number of nitrogens with one attached hydrogen (secondary N) is 2. The van der Waals surface area contributed by atoms with Crippen molar-refractivity contribution in [2.24, 2.45) is 0 Å². The third-order valence-electron chi connectivity index (χ3n) is 3.78. The molecule has 28 heavy (non-hydrogen) atoms. The predicted octanol–water partition coefficient (Wildman–Crippen LogP) is 5.00. The van der Waals surface area contributed by atoms with E-state index in [0.717, 1.165) is 6.42 Å². The Kier molecular flexibility index (Phi) is 7.62. The lowest BCUT2D eigenvalue weighted by molar-refractivity contribution is 0.0697. The summed E-state index contributed by atoms with van der Waals surface area (Å²) in [5.41, 5.74) is 0.239. The second-order valence-corrected chi connectivity index (χ2v) is 7.14. The zero-order valence-electron chi connectivity index (χ0n) is 15.1. The fraction of sp³-hybridized carbons (Fsp3) is 0.211. The highest BCUT2D eigenvalue weighted by Crippen LogP contribution is 2.30. The van der Waals surface area contributed by atoms with Crippen molar-refractivity contribution in [3.05, 3.63) is 57.6 Å².